The van der Waals surface area contributed by atoms with E-state index < -0.39 is 0 Å². The van der Waals surface area contributed by atoms with Gasteiger partial charge in [0.1, 0.15) is 12.4 Å². The highest BCUT2D eigenvalue weighted by Crippen LogP contribution is 2.31. The normalized spacial score (nSPS) is 19.2. The third-order valence-corrected chi connectivity index (χ3v) is 5.70. The summed E-state index contributed by atoms with van der Waals surface area (Å²) < 4.78 is 7.62. The van der Waals surface area contributed by atoms with Crippen molar-refractivity contribution in [3.63, 3.8) is 0 Å². The van der Waals surface area contributed by atoms with Gasteiger partial charge in [-0.05, 0) is 6.07 Å². The van der Waals surface area contributed by atoms with E-state index in [9.17, 15) is 4.79 Å². The maximum absolute atomic E-state index is 13.2. The van der Waals surface area contributed by atoms with E-state index in [0.717, 1.165) is 41.4 Å². The number of H-pyrrole nitrogens is 1. The highest BCUT2D eigenvalue weighted by atomic mass is 16.5. The lowest BCUT2D eigenvalue weighted by molar-refractivity contribution is -0.133. The van der Waals surface area contributed by atoms with Crippen molar-refractivity contribution in [2.75, 3.05) is 26.2 Å². The molecule has 0 saturated heterocycles. The molecular formula is C21H24N6O2. The summed E-state index contributed by atoms with van der Waals surface area (Å²) in [6, 6.07) is 8.04. The summed E-state index contributed by atoms with van der Waals surface area (Å²) in [5, 5.41) is 4.30. The Morgan fingerprint density at radius 3 is 3.07 bits per heavy atom. The van der Waals surface area contributed by atoms with Crippen LogP contribution in [0.4, 0.5) is 0 Å². The van der Waals surface area contributed by atoms with Crippen molar-refractivity contribution in [1.29, 1.82) is 0 Å². The second-order valence-electron chi connectivity index (χ2n) is 7.71. The van der Waals surface area contributed by atoms with E-state index in [0.29, 0.717) is 26.2 Å². The number of nitrogens with one attached hydrogen (secondary N) is 1. The molecule has 8 nitrogen and oxygen atoms in total. The minimum Gasteiger partial charge on any atom is -0.492 e. The summed E-state index contributed by atoms with van der Waals surface area (Å²) in [6.45, 7) is 3.59. The molecule has 5 rings (SSSR count). The summed E-state index contributed by atoms with van der Waals surface area (Å²) in [4.78, 5) is 25.0. The van der Waals surface area contributed by atoms with Crippen molar-refractivity contribution in [1.82, 2.24) is 29.5 Å². The predicted octanol–water partition coefficient (Wildman–Crippen LogP) is 1.51. The molecule has 2 aliphatic rings. The van der Waals surface area contributed by atoms with Gasteiger partial charge < -0.3 is 14.6 Å². The zero-order valence-corrected chi connectivity index (χ0v) is 16.4. The highest BCUT2D eigenvalue weighted by Gasteiger charge is 2.32. The highest BCUT2D eigenvalue weighted by molar-refractivity contribution is 5.78. The third-order valence-electron chi connectivity index (χ3n) is 5.70. The van der Waals surface area contributed by atoms with Crippen LogP contribution in [0.2, 0.25) is 0 Å². The van der Waals surface area contributed by atoms with E-state index in [1.54, 1.807) is 11.0 Å². The Morgan fingerprint density at radius 2 is 2.21 bits per heavy atom. The number of carbonyl (C=O) groups excluding carboxylic acids is 1. The topological polar surface area (TPSA) is 79.3 Å². The van der Waals surface area contributed by atoms with Gasteiger partial charge in [0.25, 0.3) is 0 Å². The molecule has 2 aromatic heterocycles. The number of hydrogen-bond acceptors (Lipinski definition) is 5. The number of carbonyl (C=O) groups is 1. The van der Waals surface area contributed by atoms with Crippen LogP contribution in [-0.2, 0) is 24.9 Å². The van der Waals surface area contributed by atoms with E-state index in [1.165, 1.54) is 0 Å². The molecular weight excluding hydrogens is 368 g/mol. The first kappa shape index (κ1) is 17.9. The lowest BCUT2D eigenvalue weighted by Crippen LogP contribution is -2.44. The maximum Gasteiger partial charge on any atom is 0.237 e. The lowest BCUT2D eigenvalue weighted by atomic mass is 9.93. The van der Waals surface area contributed by atoms with Gasteiger partial charge in [-0.15, -0.1) is 0 Å². The molecule has 1 amide bonds. The zero-order chi connectivity index (χ0) is 19.8. The Hall–Kier alpha value is -3.13. The van der Waals surface area contributed by atoms with Crippen molar-refractivity contribution in [3.8, 4) is 5.75 Å². The Labute approximate surface area is 169 Å². The number of nitrogens with zero attached hydrogens (tertiary/aromatic N) is 5. The number of fused-ring (bicyclic) bond motifs is 2. The molecule has 2 aliphatic heterocycles. The van der Waals surface area contributed by atoms with Crippen LogP contribution in [0.5, 0.6) is 5.75 Å². The predicted molar refractivity (Wildman–Crippen MR) is 106 cm³/mol. The van der Waals surface area contributed by atoms with Gasteiger partial charge in [0, 0.05) is 49.9 Å². The van der Waals surface area contributed by atoms with Crippen LogP contribution in [0.15, 0.2) is 43.0 Å². The summed E-state index contributed by atoms with van der Waals surface area (Å²) >= 11 is 0. The van der Waals surface area contributed by atoms with Crippen LogP contribution in [0, 0.1) is 0 Å². The first-order valence-electron chi connectivity index (χ1n) is 9.89. The van der Waals surface area contributed by atoms with E-state index in [2.05, 4.69) is 26.0 Å². The van der Waals surface area contributed by atoms with Crippen molar-refractivity contribution in [2.24, 2.45) is 7.05 Å². The number of amides is 1. The number of aromatic nitrogens is 4. The molecule has 1 aromatic carbocycles. The second-order valence-corrected chi connectivity index (χ2v) is 7.71. The van der Waals surface area contributed by atoms with E-state index >= 15 is 0 Å². The zero-order valence-electron chi connectivity index (χ0n) is 16.4. The van der Waals surface area contributed by atoms with Gasteiger partial charge in [0.2, 0.25) is 5.91 Å². The number of benzene rings is 1. The van der Waals surface area contributed by atoms with Gasteiger partial charge in [-0.1, -0.05) is 18.2 Å². The molecule has 1 unspecified atom stereocenters. The first-order valence-corrected chi connectivity index (χ1v) is 9.89. The van der Waals surface area contributed by atoms with Crippen molar-refractivity contribution in [2.45, 2.75) is 19.0 Å². The quantitative estimate of drug-likeness (QED) is 0.731. The number of ether oxygens (including phenoxy) is 1. The molecule has 29 heavy (non-hydrogen) atoms. The first-order chi connectivity index (χ1) is 14.2. The number of aryl methyl sites for hydroxylation is 1. The number of rotatable bonds is 3. The Bertz CT molecular complexity index is 1030. The molecule has 0 spiro atoms. The maximum atomic E-state index is 13.2. The van der Waals surface area contributed by atoms with Crippen LogP contribution in [0.3, 0.4) is 0 Å². The van der Waals surface area contributed by atoms with E-state index in [-0.39, 0.29) is 11.8 Å². The van der Waals surface area contributed by atoms with E-state index in [1.807, 2.05) is 42.5 Å². The smallest absolute Gasteiger partial charge is 0.237 e. The lowest BCUT2D eigenvalue weighted by Gasteiger charge is -2.33. The van der Waals surface area contributed by atoms with Crippen molar-refractivity contribution in [3.05, 3.63) is 65.5 Å². The summed E-state index contributed by atoms with van der Waals surface area (Å²) in [6.07, 6.45) is 5.57. The largest absolute Gasteiger partial charge is 0.492 e. The Morgan fingerprint density at radius 1 is 1.31 bits per heavy atom. The minimum atomic E-state index is 0.0378. The van der Waals surface area contributed by atoms with Crippen LogP contribution in [0.1, 0.15) is 28.4 Å². The minimum absolute atomic E-state index is 0.0378. The van der Waals surface area contributed by atoms with Crippen LogP contribution >= 0.6 is 0 Å². The molecule has 8 heteroatoms. The summed E-state index contributed by atoms with van der Waals surface area (Å²) in [5.41, 5.74) is 4.22. The molecule has 0 aliphatic carbocycles. The number of para-hydroxylation sites is 1. The van der Waals surface area contributed by atoms with Crippen molar-refractivity contribution < 1.29 is 9.53 Å². The fourth-order valence-corrected chi connectivity index (χ4v) is 4.20. The van der Waals surface area contributed by atoms with Gasteiger partial charge in [0.05, 0.1) is 37.0 Å². The number of aromatic amines is 1. The second kappa shape index (κ2) is 7.36. The van der Waals surface area contributed by atoms with E-state index in [4.69, 9.17) is 4.74 Å². The molecule has 3 aromatic rings. The fourth-order valence-electron chi connectivity index (χ4n) is 4.20. The fraction of sp³-hybridized carbons (Fsp3) is 0.381. The molecule has 0 radical (unpaired) electrons. The molecule has 4 heterocycles. The summed E-state index contributed by atoms with van der Waals surface area (Å²) in [7, 11) is 1.90. The monoisotopic (exact) mass is 392 g/mol. The molecule has 0 saturated carbocycles. The molecule has 150 valence electrons. The van der Waals surface area contributed by atoms with Gasteiger partial charge in [-0.3, -0.25) is 14.4 Å². The number of hydrogen-bond donors (Lipinski definition) is 1. The molecule has 1 atom stereocenters. The van der Waals surface area contributed by atoms with Crippen LogP contribution < -0.4 is 4.74 Å². The standard InChI is InChI=1S/C21H24N6O2/c1-25-9-16(8-24-25)17-11-27(12-18-21(17)23-14-22-18)20(28)13-26-6-7-29-19-5-3-2-4-15(19)10-26/h2-5,8-9,14,17H,6-7,10-13H2,1H3,(H,22,23). The molecule has 1 N–H and O–H groups in total. The van der Waals surface area contributed by atoms with Gasteiger partial charge >= 0.3 is 0 Å². The van der Waals surface area contributed by atoms with Crippen LogP contribution in [-0.4, -0.2) is 61.7 Å². The average molecular weight is 392 g/mol. The van der Waals surface area contributed by atoms with Gasteiger partial charge in [-0.25, -0.2) is 4.98 Å². The molecule has 0 fully saturated rings. The SMILES string of the molecule is Cn1cc(C2CN(C(=O)CN3CCOc4ccccc4C3)Cc3[nH]cnc32)cn1. The number of imidazole rings is 1. The van der Waals surface area contributed by atoms with Gasteiger partial charge in [0.15, 0.2) is 0 Å². The van der Waals surface area contributed by atoms with Crippen LogP contribution in [0.25, 0.3) is 0 Å². The molecule has 0 bridgehead atoms. The Kier molecular flexibility index (Phi) is 4.55. The third kappa shape index (κ3) is 3.51. The van der Waals surface area contributed by atoms with Crippen molar-refractivity contribution >= 4 is 5.91 Å². The average Bonchev–Trinajstić information content (AvgIpc) is 3.32. The van der Waals surface area contributed by atoms with Gasteiger partial charge in [-0.2, -0.15) is 5.10 Å². The Balaban J connectivity index is 1.33. The summed E-state index contributed by atoms with van der Waals surface area (Å²) in [5.74, 6) is 1.08.